The second-order valence-electron chi connectivity index (χ2n) is 1.51. The number of primary amides is 1. The Kier molecular flexibility index (Phi) is 39.2. The number of carbonyl (C=O) groups excluding carboxylic acids is 1. The molecule has 2 N–H and O–H groups in total. The number of allylic oxidation sites excluding steroid dienone is 1. The molecule has 2 nitrogen and oxygen atoms in total. The predicted molar refractivity (Wildman–Crippen MR) is 58.8 cm³/mol. The Morgan fingerprint density at radius 2 is 1.86 bits per heavy atom. The van der Waals surface area contributed by atoms with E-state index in [1.54, 1.807) is 6.92 Å². The summed E-state index contributed by atoms with van der Waals surface area (Å²) in [4.78, 5) is 10.4. The van der Waals surface area contributed by atoms with E-state index in [4.69, 9.17) is 5.73 Å². The summed E-state index contributed by atoms with van der Waals surface area (Å²) in [6, 6.07) is 0. The van der Waals surface area contributed by atoms with Gasteiger partial charge >= 0.3 is 0 Å². The number of amides is 1. The van der Waals surface area contributed by atoms with Crippen LogP contribution in [0.2, 0.25) is 0 Å². The zero-order chi connectivity index (χ0) is 11.3. The summed E-state index contributed by atoms with van der Waals surface area (Å²) >= 11 is 0. The van der Waals surface area contributed by atoms with E-state index in [2.05, 4.69) is 19.6 Å². The summed E-state index contributed by atoms with van der Waals surface area (Å²) in [6.07, 6.45) is 4.85. The van der Waals surface area contributed by atoms with Crippen molar-refractivity contribution in [2.24, 2.45) is 5.73 Å². The van der Waals surface area contributed by atoms with Gasteiger partial charge in [-0.05, 0) is 0 Å². The first kappa shape index (κ1) is 23.7. The fourth-order valence-corrected chi connectivity index (χ4v) is 0.450. The molecule has 0 aromatic carbocycles. The van der Waals surface area contributed by atoms with Gasteiger partial charge in [0, 0.05) is 32.7 Å². The monoisotopic (exact) mass is 272 g/mol. The van der Waals surface area contributed by atoms with Crippen LogP contribution in [0.15, 0.2) is 18.2 Å². The van der Waals surface area contributed by atoms with Gasteiger partial charge in [0.05, 0.1) is 0 Å². The minimum absolute atomic E-state index is 0. The topological polar surface area (TPSA) is 43.1 Å². The fourth-order valence-electron chi connectivity index (χ4n) is 0.450. The fraction of sp³-hybridized carbons (Fsp3) is 0.455. The smallest absolute Gasteiger partial charge is 0.132 e. The van der Waals surface area contributed by atoms with Gasteiger partial charge in [0.1, 0.15) is 5.91 Å². The van der Waals surface area contributed by atoms with E-state index in [1.807, 2.05) is 20.8 Å². The van der Waals surface area contributed by atoms with Crippen LogP contribution in [0.4, 0.5) is 0 Å². The molecule has 0 aromatic rings. The van der Waals surface area contributed by atoms with Crippen molar-refractivity contribution < 1.29 is 37.5 Å². The molecule has 1 amide bonds. The van der Waals surface area contributed by atoms with Crippen molar-refractivity contribution in [3.05, 3.63) is 31.2 Å². The van der Waals surface area contributed by atoms with Gasteiger partial charge in [0.25, 0.3) is 0 Å². The molecule has 0 bridgehead atoms. The average Bonchev–Trinajstić information content (AvgIpc) is 2.20. The van der Waals surface area contributed by atoms with Crippen LogP contribution in [0.5, 0.6) is 0 Å². The maximum Gasteiger partial charge on any atom is 0.132 e. The minimum atomic E-state index is -0.466. The molecule has 0 spiro atoms. The Hall–Kier alpha value is 0.0539. The van der Waals surface area contributed by atoms with Crippen LogP contribution in [-0.4, -0.2) is 5.91 Å². The first-order valence-electron chi connectivity index (χ1n) is 4.46. The van der Waals surface area contributed by atoms with Crippen LogP contribution in [0.3, 0.4) is 0 Å². The van der Waals surface area contributed by atoms with E-state index in [1.165, 1.54) is 6.08 Å². The van der Waals surface area contributed by atoms with Crippen molar-refractivity contribution >= 4 is 5.91 Å². The molecule has 0 atom stereocenters. The van der Waals surface area contributed by atoms with Crippen molar-refractivity contribution in [3.63, 3.8) is 0 Å². The number of nitrogens with two attached hydrogens (primary N) is 1. The van der Waals surface area contributed by atoms with Crippen LogP contribution in [0.1, 0.15) is 34.1 Å². The molecule has 14 heavy (non-hydrogen) atoms. The van der Waals surface area contributed by atoms with Crippen molar-refractivity contribution in [1.29, 1.82) is 0 Å². The van der Waals surface area contributed by atoms with Gasteiger partial charge in [-0.3, -0.25) is 0 Å². The zero-order valence-electron chi connectivity index (χ0n) is 9.76. The summed E-state index contributed by atoms with van der Waals surface area (Å²) < 4.78 is 0. The van der Waals surface area contributed by atoms with Crippen molar-refractivity contribution in [3.8, 4) is 0 Å². The van der Waals surface area contributed by atoms with Gasteiger partial charge in [-0.25, -0.2) is 0 Å². The van der Waals surface area contributed by atoms with E-state index in [9.17, 15) is 4.79 Å². The van der Waals surface area contributed by atoms with Crippen molar-refractivity contribution in [2.75, 3.05) is 0 Å². The van der Waals surface area contributed by atoms with Crippen LogP contribution >= 0.6 is 0 Å². The van der Waals surface area contributed by atoms with E-state index in [0.29, 0.717) is 12.0 Å². The molecule has 0 rings (SSSR count). The standard InChI is InChI=1S/C7H10NO.C2H6.C2H5.Y/c1-3-5-6(4-2)7(8)9;2*1-2;/h4H,2-3H2,1H3,(H2,8,9);1-2H3;1H2,2H3;/q-1;;-1;. The molecule has 0 saturated heterocycles. The maximum absolute atomic E-state index is 10.4. The third kappa shape index (κ3) is 18.0. The molecule has 0 unspecified atom stereocenters. The van der Waals surface area contributed by atoms with Crippen LogP contribution in [0.25, 0.3) is 0 Å². The quantitative estimate of drug-likeness (QED) is 0.479. The van der Waals surface area contributed by atoms with Gasteiger partial charge in [0.2, 0.25) is 0 Å². The molecule has 0 saturated carbocycles. The molecule has 1 radical (unpaired) electrons. The largest absolute Gasteiger partial charge is 0.418 e. The third-order valence-corrected chi connectivity index (χ3v) is 0.837. The minimum Gasteiger partial charge on any atom is -0.418 e. The Morgan fingerprint density at radius 3 is 1.93 bits per heavy atom. The molecule has 81 valence electrons. The summed E-state index contributed by atoms with van der Waals surface area (Å²) in [5.41, 5.74) is 5.30. The molecule has 0 aliphatic carbocycles. The molecule has 0 aliphatic rings. The Labute approximate surface area is 114 Å². The Morgan fingerprint density at radius 1 is 1.50 bits per heavy atom. The third-order valence-electron chi connectivity index (χ3n) is 0.837. The SMILES string of the molecule is C=CC(=[C-]CC)C(N)=O.CC.[CH2-]C.[Y]. The van der Waals surface area contributed by atoms with Gasteiger partial charge in [-0.1, -0.05) is 27.2 Å². The molecule has 0 fully saturated rings. The summed E-state index contributed by atoms with van der Waals surface area (Å²) in [5.74, 6) is -0.466. The average molecular weight is 272 g/mol. The molecule has 0 heterocycles. The number of hydrogen-bond acceptors (Lipinski definition) is 1. The Bertz CT molecular complexity index is 153. The normalized spacial score (nSPS) is 7.93. The van der Waals surface area contributed by atoms with Crippen LogP contribution in [0, 0.1) is 13.0 Å². The Balaban J connectivity index is -0.0000000883. The number of hydrogen-bond donors (Lipinski definition) is 1. The van der Waals surface area contributed by atoms with E-state index in [-0.39, 0.29) is 32.7 Å². The molecular weight excluding hydrogens is 251 g/mol. The first-order chi connectivity index (χ1) is 6.22. The number of carbonyl (C=O) groups is 1. The van der Waals surface area contributed by atoms with Crippen molar-refractivity contribution in [2.45, 2.75) is 34.1 Å². The molecule has 0 aromatic heterocycles. The summed E-state index contributed by atoms with van der Waals surface area (Å²) in [5, 5.41) is 0. The number of rotatable bonds is 3. The van der Waals surface area contributed by atoms with Crippen LogP contribution < -0.4 is 5.73 Å². The van der Waals surface area contributed by atoms with Gasteiger partial charge in [-0.2, -0.15) is 25.7 Å². The maximum atomic E-state index is 10.4. The van der Waals surface area contributed by atoms with E-state index in [0.717, 1.165) is 0 Å². The van der Waals surface area contributed by atoms with Gasteiger partial charge in [-0.15, -0.1) is 5.57 Å². The van der Waals surface area contributed by atoms with Gasteiger partial charge < -0.3 is 17.5 Å². The zero-order valence-corrected chi connectivity index (χ0v) is 12.6. The molecule has 0 aliphatic heterocycles. The second-order valence-corrected chi connectivity index (χ2v) is 1.51. The molecule has 3 heteroatoms. The second kappa shape index (κ2) is 23.1. The van der Waals surface area contributed by atoms with Crippen LogP contribution in [-0.2, 0) is 37.5 Å². The predicted octanol–water partition coefficient (Wildman–Crippen LogP) is 2.66. The first-order valence-corrected chi connectivity index (χ1v) is 4.46. The van der Waals surface area contributed by atoms with E-state index < -0.39 is 5.91 Å². The summed E-state index contributed by atoms with van der Waals surface area (Å²) in [7, 11) is 0. The van der Waals surface area contributed by atoms with Crippen molar-refractivity contribution in [1.82, 2.24) is 0 Å². The van der Waals surface area contributed by atoms with E-state index >= 15 is 0 Å². The van der Waals surface area contributed by atoms with Gasteiger partial charge in [0.15, 0.2) is 0 Å². The summed E-state index contributed by atoms with van der Waals surface area (Å²) in [6.45, 7) is 14.3. The molecular formula is C11H21NOY-2.